The Morgan fingerprint density at radius 2 is 2.20 bits per heavy atom. The summed E-state index contributed by atoms with van der Waals surface area (Å²) in [6.45, 7) is 2.82. The number of ketones is 1. The molecule has 3 heterocycles. The maximum Gasteiger partial charge on any atom is 0.331 e. The Bertz CT molecular complexity index is 297. The molecule has 3 saturated heterocycles. The van der Waals surface area contributed by atoms with Crippen LogP contribution in [0.1, 0.15) is 19.8 Å². The minimum absolute atomic E-state index is 0.210. The first-order valence-corrected chi connectivity index (χ1v) is 5.22. The van der Waals surface area contributed by atoms with Crippen LogP contribution in [-0.2, 0) is 14.3 Å². The molecule has 1 atom stereocenters. The van der Waals surface area contributed by atoms with Crippen molar-refractivity contribution >= 4 is 11.8 Å². The summed E-state index contributed by atoms with van der Waals surface area (Å²) in [5.74, 6) is -1.22. The first-order valence-electron chi connectivity index (χ1n) is 5.22. The highest BCUT2D eigenvalue weighted by Crippen LogP contribution is 2.36. The molecule has 2 bridgehead atoms. The van der Waals surface area contributed by atoms with Crippen molar-refractivity contribution in [1.29, 1.82) is 0 Å². The molecule has 0 amide bonds. The number of carbonyl (C=O) groups excluding carboxylic acids is 2. The monoisotopic (exact) mass is 215 g/mol. The number of alkyl halides is 1. The molecule has 84 valence electrons. The largest absolute Gasteiger partial charge is 0.464 e. The Balaban J connectivity index is 2.19. The van der Waals surface area contributed by atoms with E-state index in [9.17, 15) is 14.0 Å². The van der Waals surface area contributed by atoms with Gasteiger partial charge in [0.25, 0.3) is 0 Å². The van der Waals surface area contributed by atoms with E-state index in [2.05, 4.69) is 0 Å². The van der Waals surface area contributed by atoms with Gasteiger partial charge in [0, 0.05) is 25.9 Å². The van der Waals surface area contributed by atoms with Crippen LogP contribution in [0.25, 0.3) is 0 Å². The lowest BCUT2D eigenvalue weighted by molar-refractivity contribution is -0.167. The second kappa shape index (κ2) is 3.56. The highest BCUT2D eigenvalue weighted by atomic mass is 19.1. The average Bonchev–Trinajstić information content (AvgIpc) is 2.20. The summed E-state index contributed by atoms with van der Waals surface area (Å²) >= 11 is 0. The van der Waals surface area contributed by atoms with E-state index in [0.29, 0.717) is 13.1 Å². The van der Waals surface area contributed by atoms with E-state index < -0.39 is 23.5 Å². The first-order chi connectivity index (χ1) is 7.08. The van der Waals surface area contributed by atoms with Crippen molar-refractivity contribution in [2.24, 2.45) is 0 Å². The van der Waals surface area contributed by atoms with Gasteiger partial charge in [-0.1, -0.05) is 0 Å². The molecule has 0 spiro atoms. The molecule has 0 aliphatic carbocycles. The summed E-state index contributed by atoms with van der Waals surface area (Å²) in [5.41, 5.74) is -1.79. The van der Waals surface area contributed by atoms with Gasteiger partial charge in [-0.2, -0.15) is 0 Å². The maximum absolute atomic E-state index is 14.0. The summed E-state index contributed by atoms with van der Waals surface area (Å²) in [5, 5.41) is 0. The molecule has 15 heavy (non-hydrogen) atoms. The molecular formula is C10H14FNO3. The van der Waals surface area contributed by atoms with Crippen LogP contribution in [0.4, 0.5) is 4.39 Å². The van der Waals surface area contributed by atoms with Crippen LogP contribution < -0.4 is 0 Å². The molecule has 3 rings (SSSR count). The molecule has 0 N–H and O–H groups in total. The van der Waals surface area contributed by atoms with E-state index in [1.807, 2.05) is 0 Å². The molecule has 0 aromatic rings. The van der Waals surface area contributed by atoms with Crippen molar-refractivity contribution in [3.63, 3.8) is 0 Å². The minimum Gasteiger partial charge on any atom is -0.464 e. The Morgan fingerprint density at radius 3 is 2.73 bits per heavy atom. The zero-order valence-corrected chi connectivity index (χ0v) is 8.66. The van der Waals surface area contributed by atoms with Gasteiger partial charge in [0.2, 0.25) is 0 Å². The molecule has 0 aromatic carbocycles. The summed E-state index contributed by atoms with van der Waals surface area (Å²) < 4.78 is 18.8. The topological polar surface area (TPSA) is 46.6 Å². The first kappa shape index (κ1) is 10.5. The van der Waals surface area contributed by atoms with Crippen LogP contribution in [0, 0.1) is 0 Å². The number of halogens is 1. The Hall–Kier alpha value is -0.970. The van der Waals surface area contributed by atoms with E-state index in [0.717, 1.165) is 0 Å². The highest BCUT2D eigenvalue weighted by Gasteiger charge is 2.55. The van der Waals surface area contributed by atoms with E-state index in [1.54, 1.807) is 11.8 Å². The van der Waals surface area contributed by atoms with Gasteiger partial charge in [0.05, 0.1) is 6.61 Å². The lowest BCUT2D eigenvalue weighted by atomic mass is 9.79. The maximum atomic E-state index is 14.0. The predicted molar refractivity (Wildman–Crippen MR) is 50.1 cm³/mol. The normalized spacial score (nSPS) is 39.2. The standard InChI is InChI=1S/C10H14FNO3/c1-2-15-9(14)7-8(13)10(11)3-5-12(7)6-4-10/h7H,2-6H2,1H3. The van der Waals surface area contributed by atoms with Crippen molar-refractivity contribution < 1.29 is 18.7 Å². The van der Waals surface area contributed by atoms with Gasteiger partial charge in [-0.05, 0) is 6.92 Å². The lowest BCUT2D eigenvalue weighted by Gasteiger charge is -2.45. The molecule has 4 nitrogen and oxygen atoms in total. The fraction of sp³-hybridized carbons (Fsp3) is 0.800. The van der Waals surface area contributed by atoms with Crippen LogP contribution in [0.15, 0.2) is 0 Å². The molecule has 1 unspecified atom stereocenters. The van der Waals surface area contributed by atoms with Crippen molar-refractivity contribution in [2.75, 3.05) is 19.7 Å². The third kappa shape index (κ3) is 1.55. The SMILES string of the molecule is CCOC(=O)C1C(=O)C2(F)CCN1CC2. The van der Waals surface area contributed by atoms with E-state index in [4.69, 9.17) is 4.74 Å². The summed E-state index contributed by atoms with van der Waals surface area (Å²) in [7, 11) is 0. The summed E-state index contributed by atoms with van der Waals surface area (Å²) in [6.07, 6.45) is 0.420. The van der Waals surface area contributed by atoms with Gasteiger partial charge in [-0.25, -0.2) is 9.18 Å². The fourth-order valence-corrected chi connectivity index (χ4v) is 2.27. The predicted octanol–water partition coefficient (Wildman–Crippen LogP) is 0.305. The molecule has 3 aliphatic rings. The third-order valence-electron chi connectivity index (χ3n) is 3.16. The van der Waals surface area contributed by atoms with E-state index >= 15 is 0 Å². The van der Waals surface area contributed by atoms with Gasteiger partial charge in [0.1, 0.15) is 0 Å². The van der Waals surface area contributed by atoms with Gasteiger partial charge >= 0.3 is 5.97 Å². The Labute approximate surface area is 87.4 Å². The average molecular weight is 215 g/mol. The van der Waals surface area contributed by atoms with Crippen LogP contribution in [0.3, 0.4) is 0 Å². The second-order valence-electron chi connectivity index (χ2n) is 4.02. The second-order valence-corrected chi connectivity index (χ2v) is 4.02. The lowest BCUT2D eigenvalue weighted by Crippen LogP contribution is -2.65. The zero-order chi connectivity index (χ0) is 11.1. The molecule has 0 saturated carbocycles. The highest BCUT2D eigenvalue weighted by molar-refractivity contribution is 6.08. The number of piperidine rings is 3. The number of ether oxygens (including phenoxy) is 1. The number of rotatable bonds is 2. The molecule has 3 fully saturated rings. The summed E-state index contributed by atoms with van der Waals surface area (Å²) in [6, 6.07) is -1.00. The fourth-order valence-electron chi connectivity index (χ4n) is 2.27. The molecule has 5 heteroatoms. The molecule has 0 radical (unpaired) electrons. The third-order valence-corrected chi connectivity index (χ3v) is 3.16. The number of nitrogens with zero attached hydrogens (tertiary/aromatic N) is 1. The van der Waals surface area contributed by atoms with Crippen molar-refractivity contribution in [2.45, 2.75) is 31.5 Å². The van der Waals surface area contributed by atoms with E-state index in [-0.39, 0.29) is 19.4 Å². The molecule has 3 aliphatic heterocycles. The van der Waals surface area contributed by atoms with Gasteiger partial charge in [0.15, 0.2) is 17.5 Å². The van der Waals surface area contributed by atoms with Crippen molar-refractivity contribution in [1.82, 2.24) is 4.90 Å². The van der Waals surface area contributed by atoms with Gasteiger partial charge in [-0.15, -0.1) is 0 Å². The Kier molecular flexibility index (Phi) is 2.50. The Morgan fingerprint density at radius 1 is 1.60 bits per heavy atom. The van der Waals surface area contributed by atoms with Crippen LogP contribution in [0.2, 0.25) is 0 Å². The van der Waals surface area contributed by atoms with Crippen molar-refractivity contribution in [3.8, 4) is 0 Å². The van der Waals surface area contributed by atoms with Crippen molar-refractivity contribution in [3.05, 3.63) is 0 Å². The number of hydrogen-bond acceptors (Lipinski definition) is 4. The summed E-state index contributed by atoms with van der Waals surface area (Å²) in [4.78, 5) is 24.9. The minimum atomic E-state index is -1.79. The van der Waals surface area contributed by atoms with Crippen LogP contribution in [-0.4, -0.2) is 48.1 Å². The zero-order valence-electron chi connectivity index (χ0n) is 8.66. The van der Waals surface area contributed by atoms with Gasteiger partial charge < -0.3 is 4.74 Å². The molecular weight excluding hydrogens is 201 g/mol. The number of Topliss-reactive ketones (excluding diaryl/α,β-unsaturated/α-hetero) is 1. The number of hydrogen-bond donors (Lipinski definition) is 0. The quantitative estimate of drug-likeness (QED) is 0.491. The number of fused-ring (bicyclic) bond motifs is 3. The smallest absolute Gasteiger partial charge is 0.331 e. The van der Waals surface area contributed by atoms with Crippen LogP contribution >= 0.6 is 0 Å². The van der Waals surface area contributed by atoms with Gasteiger partial charge in [-0.3, -0.25) is 9.69 Å². The number of esters is 1. The number of carbonyl (C=O) groups is 2. The van der Waals surface area contributed by atoms with Crippen LogP contribution in [0.5, 0.6) is 0 Å². The van der Waals surface area contributed by atoms with E-state index in [1.165, 1.54) is 0 Å². The molecule has 0 aromatic heterocycles.